The molecule has 0 amide bonds. The van der Waals surface area contributed by atoms with Crippen LogP contribution in [0.1, 0.15) is 25.3 Å². The Kier molecular flexibility index (Phi) is 3.74. The van der Waals surface area contributed by atoms with Gasteiger partial charge in [-0.25, -0.2) is 0 Å². The molecule has 0 bridgehead atoms. The summed E-state index contributed by atoms with van der Waals surface area (Å²) in [5, 5.41) is 1.16. The number of carbonyl (C=O) groups excluding carboxylic acids is 1. The molecule has 2 aromatic rings. The maximum absolute atomic E-state index is 11.1. The van der Waals surface area contributed by atoms with E-state index in [1.165, 1.54) is 38.4 Å². The Morgan fingerprint density at radius 2 is 2.15 bits per heavy atom. The number of fused-ring (bicyclic) bond motifs is 1. The maximum Gasteiger partial charge on any atom is 0.308 e. The highest BCUT2D eigenvalue weighted by Gasteiger charge is 2.13. The second-order valence-corrected chi connectivity index (χ2v) is 5.39. The molecule has 2 heterocycles. The summed E-state index contributed by atoms with van der Waals surface area (Å²) < 4.78 is 5.24. The van der Waals surface area contributed by atoms with Gasteiger partial charge in [-0.1, -0.05) is 12.1 Å². The Morgan fingerprint density at radius 1 is 1.35 bits per heavy atom. The van der Waals surface area contributed by atoms with Gasteiger partial charge in [-0.05, 0) is 44.0 Å². The van der Waals surface area contributed by atoms with Gasteiger partial charge in [0.05, 0.1) is 5.52 Å². The third-order valence-corrected chi connectivity index (χ3v) is 3.91. The molecule has 0 spiro atoms. The molecule has 1 aliphatic heterocycles. The van der Waals surface area contributed by atoms with Crippen LogP contribution in [0, 0.1) is 0 Å². The summed E-state index contributed by atoms with van der Waals surface area (Å²) in [5.41, 5.74) is 2.21. The Hall–Kier alpha value is -1.81. The molecule has 1 aromatic heterocycles. The van der Waals surface area contributed by atoms with Gasteiger partial charge in [0.25, 0.3) is 0 Å². The molecule has 4 nitrogen and oxygen atoms in total. The third kappa shape index (κ3) is 2.70. The van der Waals surface area contributed by atoms with E-state index in [9.17, 15) is 4.79 Å². The number of rotatable bonds is 4. The van der Waals surface area contributed by atoms with Gasteiger partial charge in [0.1, 0.15) is 0 Å². The number of nitrogens with zero attached hydrogens (tertiary/aromatic N) is 1. The topological polar surface area (TPSA) is 45.3 Å². The molecule has 0 saturated carbocycles. The van der Waals surface area contributed by atoms with Gasteiger partial charge in [-0.15, -0.1) is 0 Å². The van der Waals surface area contributed by atoms with Crippen LogP contribution in [-0.2, 0) is 11.2 Å². The summed E-state index contributed by atoms with van der Waals surface area (Å²) in [6.45, 7) is 4.98. The second-order valence-electron chi connectivity index (χ2n) is 5.39. The number of aromatic amines is 1. The predicted molar refractivity (Wildman–Crippen MR) is 79.0 cm³/mol. The van der Waals surface area contributed by atoms with Crippen LogP contribution in [-0.4, -0.2) is 35.5 Å². The SMILES string of the molecule is CC(=O)Oc1cccc2c(CCN3CCCC3)c[nH]c12. The van der Waals surface area contributed by atoms with Crippen molar-refractivity contribution in [3.05, 3.63) is 30.0 Å². The molecule has 1 N–H and O–H groups in total. The molecular weight excluding hydrogens is 252 g/mol. The van der Waals surface area contributed by atoms with Crippen LogP contribution in [0.4, 0.5) is 0 Å². The van der Waals surface area contributed by atoms with Crippen LogP contribution in [0.15, 0.2) is 24.4 Å². The number of esters is 1. The number of likely N-dealkylation sites (tertiary alicyclic amines) is 1. The number of H-pyrrole nitrogens is 1. The van der Waals surface area contributed by atoms with Crippen molar-refractivity contribution < 1.29 is 9.53 Å². The molecule has 3 rings (SSSR count). The fourth-order valence-corrected chi connectivity index (χ4v) is 2.92. The number of ether oxygens (including phenoxy) is 1. The fraction of sp³-hybridized carbons (Fsp3) is 0.438. The van der Waals surface area contributed by atoms with Crippen molar-refractivity contribution in [1.82, 2.24) is 9.88 Å². The fourth-order valence-electron chi connectivity index (χ4n) is 2.92. The average Bonchev–Trinajstić information content (AvgIpc) is 3.05. The van der Waals surface area contributed by atoms with Crippen LogP contribution in [0.5, 0.6) is 5.75 Å². The quantitative estimate of drug-likeness (QED) is 0.687. The number of benzene rings is 1. The van der Waals surface area contributed by atoms with Crippen LogP contribution >= 0.6 is 0 Å². The Bertz CT molecular complexity index is 612. The van der Waals surface area contributed by atoms with E-state index >= 15 is 0 Å². The van der Waals surface area contributed by atoms with Crippen LogP contribution in [0.3, 0.4) is 0 Å². The van der Waals surface area contributed by atoms with Gasteiger partial charge in [-0.2, -0.15) is 0 Å². The zero-order chi connectivity index (χ0) is 13.9. The number of hydrogen-bond acceptors (Lipinski definition) is 3. The zero-order valence-corrected chi connectivity index (χ0v) is 11.8. The molecule has 0 atom stereocenters. The minimum absolute atomic E-state index is 0.286. The predicted octanol–water partition coefficient (Wildman–Crippen LogP) is 2.73. The zero-order valence-electron chi connectivity index (χ0n) is 11.8. The molecule has 20 heavy (non-hydrogen) atoms. The van der Waals surface area contributed by atoms with Gasteiger partial charge in [0, 0.05) is 25.1 Å². The Morgan fingerprint density at radius 3 is 2.90 bits per heavy atom. The normalized spacial score (nSPS) is 15.8. The van der Waals surface area contributed by atoms with E-state index in [1.54, 1.807) is 0 Å². The molecule has 1 fully saturated rings. The van der Waals surface area contributed by atoms with E-state index in [-0.39, 0.29) is 5.97 Å². The number of nitrogens with one attached hydrogen (secondary N) is 1. The first-order valence-electron chi connectivity index (χ1n) is 7.24. The highest BCUT2D eigenvalue weighted by atomic mass is 16.5. The Balaban J connectivity index is 1.79. The standard InChI is InChI=1S/C16H20N2O2/c1-12(19)20-15-6-4-5-14-13(11-17-16(14)15)7-10-18-8-2-3-9-18/h4-6,11,17H,2-3,7-10H2,1H3. The van der Waals surface area contributed by atoms with Gasteiger partial charge < -0.3 is 14.6 Å². The third-order valence-electron chi connectivity index (χ3n) is 3.91. The molecule has 106 valence electrons. The van der Waals surface area contributed by atoms with Crippen molar-refractivity contribution in [3.8, 4) is 5.75 Å². The van der Waals surface area contributed by atoms with Crippen molar-refractivity contribution in [2.75, 3.05) is 19.6 Å². The van der Waals surface area contributed by atoms with Crippen LogP contribution < -0.4 is 4.74 Å². The molecule has 0 unspecified atom stereocenters. The number of carbonyl (C=O) groups is 1. The lowest BCUT2D eigenvalue weighted by Crippen LogP contribution is -2.21. The van der Waals surface area contributed by atoms with Crippen LogP contribution in [0.2, 0.25) is 0 Å². The molecule has 1 saturated heterocycles. The first kappa shape index (κ1) is 13.2. The summed E-state index contributed by atoms with van der Waals surface area (Å²) in [5.74, 6) is 0.327. The van der Waals surface area contributed by atoms with E-state index in [0.29, 0.717) is 5.75 Å². The van der Waals surface area contributed by atoms with Crippen LogP contribution in [0.25, 0.3) is 10.9 Å². The van der Waals surface area contributed by atoms with Gasteiger partial charge in [0.15, 0.2) is 5.75 Å². The highest BCUT2D eigenvalue weighted by Crippen LogP contribution is 2.27. The van der Waals surface area contributed by atoms with Gasteiger partial charge in [-0.3, -0.25) is 4.79 Å². The molecule has 0 aliphatic carbocycles. The van der Waals surface area contributed by atoms with Crippen molar-refractivity contribution in [1.29, 1.82) is 0 Å². The number of aromatic nitrogens is 1. The van der Waals surface area contributed by atoms with E-state index < -0.39 is 0 Å². The first-order chi connectivity index (χ1) is 9.74. The maximum atomic E-state index is 11.1. The summed E-state index contributed by atoms with van der Waals surface area (Å²) in [6, 6.07) is 5.84. The van der Waals surface area contributed by atoms with Gasteiger partial charge >= 0.3 is 5.97 Å². The molecule has 0 radical (unpaired) electrons. The van der Waals surface area contributed by atoms with E-state index in [1.807, 2.05) is 18.3 Å². The van der Waals surface area contributed by atoms with Crippen molar-refractivity contribution >= 4 is 16.9 Å². The second kappa shape index (κ2) is 5.67. The largest absolute Gasteiger partial charge is 0.424 e. The van der Waals surface area contributed by atoms with E-state index in [0.717, 1.165) is 23.9 Å². The summed E-state index contributed by atoms with van der Waals surface area (Å²) in [7, 11) is 0. The van der Waals surface area contributed by atoms with E-state index in [4.69, 9.17) is 4.74 Å². The summed E-state index contributed by atoms with van der Waals surface area (Å²) in [4.78, 5) is 16.9. The minimum Gasteiger partial charge on any atom is -0.424 e. The highest BCUT2D eigenvalue weighted by molar-refractivity contribution is 5.90. The molecule has 1 aromatic carbocycles. The lowest BCUT2D eigenvalue weighted by atomic mass is 10.1. The van der Waals surface area contributed by atoms with E-state index in [2.05, 4.69) is 16.0 Å². The number of para-hydroxylation sites is 1. The van der Waals surface area contributed by atoms with Crippen molar-refractivity contribution in [2.24, 2.45) is 0 Å². The Labute approximate surface area is 118 Å². The molecule has 4 heteroatoms. The number of hydrogen-bond donors (Lipinski definition) is 1. The monoisotopic (exact) mass is 272 g/mol. The molecule has 1 aliphatic rings. The lowest BCUT2D eigenvalue weighted by molar-refractivity contribution is -0.131. The first-order valence-corrected chi connectivity index (χ1v) is 7.24. The molecular formula is C16H20N2O2. The summed E-state index contributed by atoms with van der Waals surface area (Å²) >= 11 is 0. The van der Waals surface area contributed by atoms with Gasteiger partial charge in [0.2, 0.25) is 0 Å². The minimum atomic E-state index is -0.286. The summed E-state index contributed by atoms with van der Waals surface area (Å²) in [6.07, 6.45) is 5.71. The smallest absolute Gasteiger partial charge is 0.308 e. The average molecular weight is 272 g/mol. The lowest BCUT2D eigenvalue weighted by Gasteiger charge is -2.13. The van der Waals surface area contributed by atoms with Crippen molar-refractivity contribution in [2.45, 2.75) is 26.2 Å². The van der Waals surface area contributed by atoms with Crippen molar-refractivity contribution in [3.63, 3.8) is 0 Å².